The number of hydrogen-bond donors (Lipinski definition) is 1. The highest BCUT2D eigenvalue weighted by Gasteiger charge is 2.26. The molecule has 6 heteroatoms. The van der Waals surface area contributed by atoms with Crippen molar-refractivity contribution in [2.24, 2.45) is 0 Å². The van der Waals surface area contributed by atoms with Gasteiger partial charge in [0.2, 0.25) is 0 Å². The highest BCUT2D eigenvalue weighted by molar-refractivity contribution is 7.08. The molecular weight excluding hydrogens is 258 g/mol. The molecule has 0 saturated carbocycles. The molecule has 1 heterocycles. The molecule has 0 aliphatic carbocycles. The standard InChI is InChI=1S/C11H18ClN3OS/c1-4-6-8-9(17-15-14-8)10(16)13-11(3,5-2)7-12/h4-7H2,1-3H3,(H,13,16). The number of halogens is 1. The molecule has 1 atom stereocenters. The van der Waals surface area contributed by atoms with E-state index in [1.54, 1.807) is 0 Å². The lowest BCUT2D eigenvalue weighted by molar-refractivity contribution is 0.0915. The summed E-state index contributed by atoms with van der Waals surface area (Å²) in [5.41, 5.74) is 0.412. The lowest BCUT2D eigenvalue weighted by atomic mass is 10.0. The lowest BCUT2D eigenvalue weighted by Gasteiger charge is -2.26. The molecule has 0 radical (unpaired) electrons. The number of hydrogen-bond acceptors (Lipinski definition) is 4. The summed E-state index contributed by atoms with van der Waals surface area (Å²) < 4.78 is 3.84. The Balaban J connectivity index is 2.79. The van der Waals surface area contributed by atoms with Crippen LogP contribution in [0.3, 0.4) is 0 Å². The molecule has 0 aromatic carbocycles. The molecule has 1 unspecified atom stereocenters. The molecule has 4 nitrogen and oxygen atoms in total. The van der Waals surface area contributed by atoms with E-state index < -0.39 is 0 Å². The minimum Gasteiger partial charge on any atom is -0.345 e. The third-order valence-electron chi connectivity index (χ3n) is 2.74. The van der Waals surface area contributed by atoms with Crippen LogP contribution in [0, 0.1) is 0 Å². The van der Waals surface area contributed by atoms with E-state index in [0.29, 0.717) is 10.8 Å². The SMILES string of the molecule is CCCc1nnsc1C(=O)NC(C)(CC)CCl. The predicted molar refractivity (Wildman–Crippen MR) is 70.8 cm³/mol. The molecule has 1 aromatic heterocycles. The van der Waals surface area contributed by atoms with Crippen LogP contribution in [0.25, 0.3) is 0 Å². The zero-order valence-electron chi connectivity index (χ0n) is 10.4. The molecule has 1 rings (SSSR count). The Kier molecular flexibility index (Phi) is 5.33. The molecule has 0 aliphatic rings. The summed E-state index contributed by atoms with van der Waals surface area (Å²) in [6.07, 6.45) is 2.52. The molecule has 96 valence electrons. The summed E-state index contributed by atoms with van der Waals surface area (Å²) in [6.45, 7) is 5.99. The quantitative estimate of drug-likeness (QED) is 0.812. The van der Waals surface area contributed by atoms with Crippen LogP contribution in [0.5, 0.6) is 0 Å². The Morgan fingerprint density at radius 3 is 2.76 bits per heavy atom. The third-order valence-corrected chi connectivity index (χ3v) is 4.10. The number of nitrogens with one attached hydrogen (secondary N) is 1. The first-order valence-electron chi connectivity index (χ1n) is 5.76. The van der Waals surface area contributed by atoms with Crippen LogP contribution in [0.2, 0.25) is 0 Å². The number of rotatable bonds is 6. The van der Waals surface area contributed by atoms with Crippen molar-refractivity contribution in [3.63, 3.8) is 0 Å². The van der Waals surface area contributed by atoms with Crippen molar-refractivity contribution in [2.45, 2.75) is 45.6 Å². The summed E-state index contributed by atoms with van der Waals surface area (Å²) in [6, 6.07) is 0. The van der Waals surface area contributed by atoms with E-state index in [0.717, 1.165) is 36.5 Å². The van der Waals surface area contributed by atoms with Gasteiger partial charge in [-0.25, -0.2) is 0 Å². The first-order chi connectivity index (χ1) is 8.06. The highest BCUT2D eigenvalue weighted by atomic mass is 35.5. The molecule has 0 aliphatic heterocycles. The van der Waals surface area contributed by atoms with E-state index in [9.17, 15) is 4.79 Å². The first-order valence-corrected chi connectivity index (χ1v) is 7.06. The molecule has 1 N–H and O–H groups in total. The average molecular weight is 276 g/mol. The van der Waals surface area contributed by atoms with Crippen LogP contribution in [-0.2, 0) is 6.42 Å². The van der Waals surface area contributed by atoms with Gasteiger partial charge in [-0.2, -0.15) is 0 Å². The molecule has 0 saturated heterocycles. The van der Waals surface area contributed by atoms with Crippen LogP contribution >= 0.6 is 23.1 Å². The van der Waals surface area contributed by atoms with Gasteiger partial charge in [0.15, 0.2) is 0 Å². The summed E-state index contributed by atoms with van der Waals surface area (Å²) in [5.74, 6) is 0.276. The Hall–Kier alpha value is -0.680. The maximum absolute atomic E-state index is 12.1. The molecule has 0 fully saturated rings. The van der Waals surface area contributed by atoms with Crippen LogP contribution in [-0.4, -0.2) is 26.9 Å². The van der Waals surface area contributed by atoms with Gasteiger partial charge in [-0.15, -0.1) is 16.7 Å². The molecular formula is C11H18ClN3OS. The molecule has 1 amide bonds. The Labute approximate surface area is 111 Å². The lowest BCUT2D eigenvalue weighted by Crippen LogP contribution is -2.47. The fourth-order valence-corrected chi connectivity index (χ4v) is 2.19. The number of aryl methyl sites for hydroxylation is 1. The van der Waals surface area contributed by atoms with Crippen molar-refractivity contribution >= 4 is 29.0 Å². The van der Waals surface area contributed by atoms with Crippen LogP contribution in [0.4, 0.5) is 0 Å². The van der Waals surface area contributed by atoms with Crippen molar-refractivity contribution in [3.8, 4) is 0 Å². The van der Waals surface area contributed by atoms with E-state index in [1.165, 1.54) is 0 Å². The molecule has 17 heavy (non-hydrogen) atoms. The van der Waals surface area contributed by atoms with Crippen molar-refractivity contribution < 1.29 is 4.79 Å². The minimum atomic E-state index is -0.369. The van der Waals surface area contributed by atoms with Gasteiger partial charge in [0, 0.05) is 5.88 Å². The number of carbonyl (C=O) groups excluding carboxylic acids is 1. The Morgan fingerprint density at radius 1 is 1.53 bits per heavy atom. The smallest absolute Gasteiger partial charge is 0.265 e. The second kappa shape index (κ2) is 6.31. The van der Waals surface area contributed by atoms with E-state index >= 15 is 0 Å². The van der Waals surface area contributed by atoms with Gasteiger partial charge in [0.05, 0.1) is 11.2 Å². The van der Waals surface area contributed by atoms with Gasteiger partial charge in [0.25, 0.3) is 5.91 Å². The summed E-state index contributed by atoms with van der Waals surface area (Å²) in [4.78, 5) is 12.7. The van der Waals surface area contributed by atoms with Crippen molar-refractivity contribution in [1.29, 1.82) is 0 Å². The number of alkyl halides is 1. The van der Waals surface area contributed by atoms with Crippen LogP contribution in [0.15, 0.2) is 0 Å². The van der Waals surface area contributed by atoms with Gasteiger partial charge in [0.1, 0.15) is 4.88 Å². The zero-order valence-corrected chi connectivity index (χ0v) is 12.0. The second-order valence-corrected chi connectivity index (χ2v) is 5.32. The van der Waals surface area contributed by atoms with Gasteiger partial charge >= 0.3 is 0 Å². The number of nitrogens with zero attached hydrogens (tertiary/aromatic N) is 2. The van der Waals surface area contributed by atoms with Gasteiger partial charge in [-0.05, 0) is 31.3 Å². The van der Waals surface area contributed by atoms with Crippen molar-refractivity contribution in [1.82, 2.24) is 14.9 Å². The van der Waals surface area contributed by atoms with Crippen molar-refractivity contribution in [3.05, 3.63) is 10.6 Å². The first kappa shape index (κ1) is 14.4. The maximum Gasteiger partial charge on any atom is 0.265 e. The molecule has 0 spiro atoms. The fraction of sp³-hybridized carbons (Fsp3) is 0.727. The van der Waals surface area contributed by atoms with E-state index in [2.05, 4.69) is 21.8 Å². The molecule has 1 aromatic rings. The maximum atomic E-state index is 12.1. The third kappa shape index (κ3) is 3.64. The molecule has 0 bridgehead atoms. The Bertz CT molecular complexity index is 377. The van der Waals surface area contributed by atoms with Gasteiger partial charge < -0.3 is 5.32 Å². The largest absolute Gasteiger partial charge is 0.345 e. The van der Waals surface area contributed by atoms with Crippen LogP contribution < -0.4 is 5.32 Å². The fourth-order valence-electron chi connectivity index (χ4n) is 1.33. The zero-order chi connectivity index (χ0) is 12.9. The van der Waals surface area contributed by atoms with Crippen LogP contribution in [0.1, 0.15) is 49.0 Å². The van der Waals surface area contributed by atoms with E-state index in [-0.39, 0.29) is 11.4 Å². The monoisotopic (exact) mass is 275 g/mol. The summed E-state index contributed by atoms with van der Waals surface area (Å²) in [7, 11) is 0. The number of carbonyl (C=O) groups is 1. The Morgan fingerprint density at radius 2 is 2.24 bits per heavy atom. The number of amides is 1. The minimum absolute atomic E-state index is 0.117. The van der Waals surface area contributed by atoms with Gasteiger partial charge in [-0.1, -0.05) is 24.8 Å². The van der Waals surface area contributed by atoms with E-state index in [4.69, 9.17) is 11.6 Å². The van der Waals surface area contributed by atoms with E-state index in [1.807, 2.05) is 13.8 Å². The summed E-state index contributed by atoms with van der Waals surface area (Å²) in [5, 5.41) is 6.94. The average Bonchev–Trinajstić information content (AvgIpc) is 2.77. The highest BCUT2D eigenvalue weighted by Crippen LogP contribution is 2.16. The predicted octanol–water partition coefficient (Wildman–Crippen LogP) is 2.63. The number of aromatic nitrogens is 2. The van der Waals surface area contributed by atoms with Gasteiger partial charge in [-0.3, -0.25) is 4.79 Å². The second-order valence-electron chi connectivity index (χ2n) is 4.30. The van der Waals surface area contributed by atoms with Crippen molar-refractivity contribution in [2.75, 3.05) is 5.88 Å². The normalized spacial score (nSPS) is 14.4. The topological polar surface area (TPSA) is 54.9 Å². The summed E-state index contributed by atoms with van der Waals surface area (Å²) >= 11 is 7.02.